The van der Waals surface area contributed by atoms with Crippen LogP contribution in [-0.2, 0) is 4.57 Å². The lowest BCUT2D eigenvalue weighted by atomic mass is 10.2. The van der Waals surface area contributed by atoms with E-state index in [9.17, 15) is 9.36 Å². The molecule has 4 rings (SSSR count). The van der Waals surface area contributed by atoms with Crippen molar-refractivity contribution >= 4 is 30.1 Å². The van der Waals surface area contributed by atoms with Gasteiger partial charge in [0.2, 0.25) is 0 Å². The third-order valence-corrected chi connectivity index (χ3v) is 6.20. The van der Waals surface area contributed by atoms with Crippen molar-refractivity contribution in [2.75, 3.05) is 5.32 Å². The zero-order chi connectivity index (χ0) is 20.2. The van der Waals surface area contributed by atoms with E-state index in [2.05, 4.69) is 10.4 Å². The molecule has 0 saturated heterocycles. The number of aromatic nitrogens is 2. The van der Waals surface area contributed by atoms with Crippen LogP contribution < -0.4 is 15.9 Å². The second-order valence-electron chi connectivity index (χ2n) is 6.48. The summed E-state index contributed by atoms with van der Waals surface area (Å²) in [5, 5.41) is 8.75. The highest BCUT2D eigenvalue weighted by atomic mass is 31.1. The fourth-order valence-corrected chi connectivity index (χ4v) is 4.47. The highest BCUT2D eigenvalue weighted by Crippen LogP contribution is 2.28. The Bertz CT molecular complexity index is 1160. The number of benzene rings is 3. The number of rotatable bonds is 5. The average Bonchev–Trinajstić information content (AvgIpc) is 3.10. The highest BCUT2D eigenvalue weighted by molar-refractivity contribution is 7.62. The lowest BCUT2D eigenvalue weighted by Crippen LogP contribution is -2.20. The van der Waals surface area contributed by atoms with Crippen LogP contribution in [0.4, 0.5) is 5.82 Å². The zero-order valence-corrected chi connectivity index (χ0v) is 16.7. The molecule has 0 bridgehead atoms. The minimum atomic E-state index is -1.93. The zero-order valence-electron chi connectivity index (χ0n) is 15.8. The van der Waals surface area contributed by atoms with E-state index in [4.69, 9.17) is 0 Å². The van der Waals surface area contributed by atoms with Crippen molar-refractivity contribution in [3.63, 3.8) is 0 Å². The molecule has 1 heterocycles. The van der Waals surface area contributed by atoms with Crippen molar-refractivity contribution in [2.45, 2.75) is 6.92 Å². The van der Waals surface area contributed by atoms with E-state index < -0.39 is 7.80 Å². The summed E-state index contributed by atoms with van der Waals surface area (Å²) >= 11 is 0. The van der Waals surface area contributed by atoms with Gasteiger partial charge in [0.15, 0.2) is 11.1 Å². The Morgan fingerprint density at radius 3 is 2.03 bits per heavy atom. The van der Waals surface area contributed by atoms with Gasteiger partial charge in [-0.3, -0.25) is 4.79 Å². The maximum Gasteiger partial charge on any atom is 0.421 e. The Labute approximate surface area is 169 Å². The van der Waals surface area contributed by atoms with Gasteiger partial charge in [0.25, 0.3) is 11.2 Å². The number of hydrogen-bond donors (Lipinski definition) is 1. The number of hydrogen-bond acceptors (Lipinski definition) is 3. The lowest BCUT2D eigenvalue weighted by Gasteiger charge is -2.08. The second-order valence-corrected chi connectivity index (χ2v) is 8.03. The van der Waals surface area contributed by atoms with Gasteiger partial charge in [-0.1, -0.05) is 59.2 Å². The van der Waals surface area contributed by atoms with Crippen LogP contribution in [0.5, 0.6) is 0 Å². The van der Waals surface area contributed by atoms with E-state index in [1.165, 1.54) is 0 Å². The predicted molar refractivity (Wildman–Crippen MR) is 116 cm³/mol. The topological polar surface area (TPSA) is 64.0 Å². The van der Waals surface area contributed by atoms with Gasteiger partial charge in [-0.2, -0.15) is 5.10 Å². The van der Waals surface area contributed by atoms with Crippen LogP contribution in [0.3, 0.4) is 0 Å². The molecule has 0 aliphatic heterocycles. The summed E-state index contributed by atoms with van der Waals surface area (Å²) in [5.74, 6) is 0.146. The molecule has 1 aromatic heterocycles. The summed E-state index contributed by atoms with van der Waals surface area (Å²) in [5.41, 5.74) is 1.91. The molecule has 4 aromatic rings. The summed E-state index contributed by atoms with van der Waals surface area (Å²) in [6, 6.07) is 27.6. The summed E-state index contributed by atoms with van der Waals surface area (Å²) in [7, 11) is -1.93. The van der Waals surface area contributed by atoms with Crippen LogP contribution in [0.25, 0.3) is 5.69 Å². The van der Waals surface area contributed by atoms with Crippen molar-refractivity contribution in [2.24, 2.45) is 0 Å². The van der Waals surface area contributed by atoms with E-state index in [0.717, 1.165) is 5.69 Å². The van der Waals surface area contributed by atoms with E-state index in [0.29, 0.717) is 27.7 Å². The predicted octanol–water partition coefficient (Wildman–Crippen LogP) is 4.21. The summed E-state index contributed by atoms with van der Waals surface area (Å²) in [6.45, 7) is 1.81. The molecule has 6 heteroatoms. The monoisotopic (exact) mass is 400 g/mol. The Hall–Kier alpha value is -3.56. The van der Waals surface area contributed by atoms with Crippen LogP contribution in [0.15, 0.2) is 91.0 Å². The van der Waals surface area contributed by atoms with Crippen LogP contribution in [0, 0.1) is 6.92 Å². The maximum atomic E-state index is 13.4. The molecule has 1 unspecified atom stereocenters. The minimum Gasteiger partial charge on any atom is -0.303 e. The molecular weight excluding hydrogens is 381 g/mol. The van der Waals surface area contributed by atoms with E-state index in [1.54, 1.807) is 28.9 Å². The molecule has 0 fully saturated rings. The van der Waals surface area contributed by atoms with Gasteiger partial charge in [0.1, 0.15) is 5.69 Å². The molecule has 0 saturated carbocycles. The van der Waals surface area contributed by atoms with Crippen molar-refractivity contribution in [3.8, 4) is 5.69 Å². The standard InChI is InChI=1S/C23H18N3O2P/c1-17-21(29(28)20-15-9-4-10-16-20)22(24-23(27)18-11-5-2-6-12-18)26(25-17)19-13-7-3-8-14-19/h2-16H,1H3/p+1. The molecular formula is C23H19N3O2P+. The minimum absolute atomic E-state index is 0.277. The van der Waals surface area contributed by atoms with Gasteiger partial charge in [-0.25, -0.2) is 4.68 Å². The summed E-state index contributed by atoms with van der Waals surface area (Å²) in [6.07, 6.45) is 0. The number of carbonyl (C=O) groups excluding carboxylic acids is 1. The van der Waals surface area contributed by atoms with Crippen molar-refractivity contribution in [1.82, 2.24) is 9.78 Å². The average molecular weight is 400 g/mol. The van der Waals surface area contributed by atoms with Gasteiger partial charge in [0.05, 0.1) is 5.69 Å². The molecule has 142 valence electrons. The number of carbonyl (C=O) groups is 1. The first-order valence-electron chi connectivity index (χ1n) is 9.19. The Morgan fingerprint density at radius 2 is 1.41 bits per heavy atom. The first kappa shape index (κ1) is 18.8. The summed E-state index contributed by atoms with van der Waals surface area (Å²) < 4.78 is 15.0. The fraction of sp³-hybridized carbons (Fsp3) is 0.0435. The van der Waals surface area contributed by atoms with E-state index >= 15 is 0 Å². The molecule has 3 aromatic carbocycles. The van der Waals surface area contributed by atoms with Gasteiger partial charge in [-0.15, -0.1) is 0 Å². The quantitative estimate of drug-likeness (QED) is 0.511. The second kappa shape index (κ2) is 8.21. The summed E-state index contributed by atoms with van der Waals surface area (Å²) in [4.78, 5) is 12.9. The molecule has 0 aliphatic rings. The number of nitrogens with one attached hydrogen (secondary N) is 1. The molecule has 0 aliphatic carbocycles. The number of aryl methyl sites for hydroxylation is 1. The van der Waals surface area contributed by atoms with Gasteiger partial charge in [-0.05, 0) is 43.3 Å². The van der Waals surface area contributed by atoms with Gasteiger partial charge >= 0.3 is 7.80 Å². The Balaban J connectivity index is 1.84. The SMILES string of the molecule is Cc1nn(-c2ccccc2)c(NC(=O)c2ccccc2)c1[P+](=O)c1ccccc1. The lowest BCUT2D eigenvalue weighted by molar-refractivity contribution is 0.102. The highest BCUT2D eigenvalue weighted by Gasteiger charge is 2.35. The molecule has 1 amide bonds. The Kier molecular flexibility index (Phi) is 5.32. The van der Waals surface area contributed by atoms with Crippen LogP contribution in [0.1, 0.15) is 16.1 Å². The number of anilines is 1. The third kappa shape index (κ3) is 3.86. The van der Waals surface area contributed by atoms with E-state index in [-0.39, 0.29) is 5.91 Å². The molecule has 1 N–H and O–H groups in total. The van der Waals surface area contributed by atoms with Crippen molar-refractivity contribution in [1.29, 1.82) is 0 Å². The first-order chi connectivity index (χ1) is 14.1. The smallest absolute Gasteiger partial charge is 0.303 e. The van der Waals surface area contributed by atoms with Gasteiger partial charge < -0.3 is 5.32 Å². The molecule has 1 atom stereocenters. The molecule has 0 spiro atoms. The van der Waals surface area contributed by atoms with E-state index in [1.807, 2.05) is 73.7 Å². The Morgan fingerprint density at radius 1 is 0.862 bits per heavy atom. The van der Waals surface area contributed by atoms with Crippen LogP contribution in [-0.4, -0.2) is 15.7 Å². The van der Waals surface area contributed by atoms with Gasteiger partial charge in [0, 0.05) is 5.56 Å². The normalized spacial score (nSPS) is 11.1. The fourth-order valence-electron chi connectivity index (χ4n) is 3.09. The molecule has 0 radical (unpaired) electrons. The van der Waals surface area contributed by atoms with Crippen molar-refractivity contribution in [3.05, 3.63) is 102 Å². The number of amides is 1. The molecule has 29 heavy (non-hydrogen) atoms. The largest absolute Gasteiger partial charge is 0.421 e. The third-order valence-electron chi connectivity index (χ3n) is 4.49. The maximum absolute atomic E-state index is 13.4. The van der Waals surface area contributed by atoms with Crippen LogP contribution in [0.2, 0.25) is 0 Å². The van der Waals surface area contributed by atoms with Crippen molar-refractivity contribution < 1.29 is 9.36 Å². The first-order valence-corrected chi connectivity index (χ1v) is 10.4. The number of nitrogens with zero attached hydrogens (tertiary/aromatic N) is 2. The molecule has 5 nitrogen and oxygen atoms in total. The number of para-hydroxylation sites is 1. The van der Waals surface area contributed by atoms with Crippen LogP contribution >= 0.6 is 7.80 Å².